The maximum absolute atomic E-state index is 6.30. The van der Waals surface area contributed by atoms with Crippen molar-refractivity contribution in [2.45, 2.75) is 32.4 Å². The maximum Gasteiger partial charge on any atom is 0.222 e. The van der Waals surface area contributed by atoms with E-state index < -0.39 is 0 Å². The van der Waals surface area contributed by atoms with E-state index in [1.807, 2.05) is 50.6 Å². The van der Waals surface area contributed by atoms with Crippen molar-refractivity contribution in [3.05, 3.63) is 48.2 Å². The van der Waals surface area contributed by atoms with Crippen LogP contribution in [0.25, 0.3) is 17.0 Å². The van der Waals surface area contributed by atoms with Gasteiger partial charge in [0.05, 0.1) is 12.2 Å². The Morgan fingerprint density at radius 1 is 1.12 bits per heavy atom. The summed E-state index contributed by atoms with van der Waals surface area (Å²) in [5.41, 5.74) is 2.47. The standard InChI is InChI=1S/C22H27N9O/c1-15(29(2)3)20-24-18(25-26-20)14-32-19-17(30-11-7-8-12-30)13-23-31-21(27-28-22(19)31)16-9-5-4-6-10-16/h4-6,9-10,13,15H,7-8,11-12,14H2,1-3H3,(H,24,25,26). The second kappa shape index (κ2) is 8.54. The minimum Gasteiger partial charge on any atom is -0.479 e. The average Bonchev–Trinajstić information content (AvgIpc) is 3.58. The molecule has 1 aliphatic rings. The molecule has 0 amide bonds. The van der Waals surface area contributed by atoms with Crippen LogP contribution in [0.2, 0.25) is 0 Å². The van der Waals surface area contributed by atoms with Gasteiger partial charge in [-0.1, -0.05) is 30.3 Å². The molecule has 1 aromatic carbocycles. The van der Waals surface area contributed by atoms with Crippen molar-refractivity contribution in [1.29, 1.82) is 0 Å². The molecule has 4 aromatic rings. The zero-order valence-electron chi connectivity index (χ0n) is 18.6. The van der Waals surface area contributed by atoms with Gasteiger partial charge in [-0.3, -0.25) is 10.00 Å². The Labute approximate surface area is 186 Å². The van der Waals surface area contributed by atoms with Gasteiger partial charge in [0.2, 0.25) is 5.65 Å². The third-order valence-electron chi connectivity index (χ3n) is 5.90. The zero-order chi connectivity index (χ0) is 22.1. The van der Waals surface area contributed by atoms with E-state index in [2.05, 4.69) is 47.2 Å². The van der Waals surface area contributed by atoms with E-state index >= 15 is 0 Å². The Hall–Kier alpha value is -3.53. The number of benzene rings is 1. The first-order valence-electron chi connectivity index (χ1n) is 10.9. The van der Waals surface area contributed by atoms with Crippen LogP contribution < -0.4 is 9.64 Å². The van der Waals surface area contributed by atoms with Gasteiger partial charge in [0, 0.05) is 18.7 Å². The highest BCUT2D eigenvalue weighted by Gasteiger charge is 2.23. The van der Waals surface area contributed by atoms with E-state index in [0.29, 0.717) is 23.0 Å². The van der Waals surface area contributed by atoms with E-state index in [1.165, 1.54) is 0 Å². The van der Waals surface area contributed by atoms with E-state index in [-0.39, 0.29) is 12.6 Å². The Bertz CT molecular complexity index is 1190. The molecule has 10 nitrogen and oxygen atoms in total. The Balaban J connectivity index is 1.49. The van der Waals surface area contributed by atoms with Crippen molar-refractivity contribution in [3.8, 4) is 17.1 Å². The molecule has 1 aliphatic heterocycles. The third kappa shape index (κ3) is 3.77. The highest BCUT2D eigenvalue weighted by atomic mass is 16.5. The molecule has 1 atom stereocenters. The molecule has 3 aromatic heterocycles. The van der Waals surface area contributed by atoms with Crippen LogP contribution in [0.3, 0.4) is 0 Å². The molecule has 1 fully saturated rings. The monoisotopic (exact) mass is 433 g/mol. The van der Waals surface area contributed by atoms with Gasteiger partial charge in [-0.15, -0.1) is 10.2 Å². The molecule has 4 heterocycles. The van der Waals surface area contributed by atoms with E-state index in [0.717, 1.165) is 43.0 Å². The largest absolute Gasteiger partial charge is 0.479 e. The fraction of sp³-hybridized carbons (Fsp3) is 0.409. The first kappa shape index (κ1) is 20.4. The molecule has 0 spiro atoms. The number of hydrogen-bond acceptors (Lipinski definition) is 8. The first-order valence-corrected chi connectivity index (χ1v) is 10.9. The van der Waals surface area contributed by atoms with Crippen molar-refractivity contribution in [3.63, 3.8) is 0 Å². The summed E-state index contributed by atoms with van der Waals surface area (Å²) in [5.74, 6) is 2.75. The molecule has 0 radical (unpaired) electrons. The Morgan fingerprint density at radius 2 is 1.91 bits per heavy atom. The molecule has 5 rings (SSSR count). The van der Waals surface area contributed by atoms with Gasteiger partial charge in [0.25, 0.3) is 0 Å². The molecule has 0 bridgehead atoms. The van der Waals surface area contributed by atoms with Gasteiger partial charge >= 0.3 is 0 Å². The molecule has 0 saturated carbocycles. The van der Waals surface area contributed by atoms with E-state index in [9.17, 15) is 0 Å². The molecule has 0 aliphatic carbocycles. The fourth-order valence-electron chi connectivity index (χ4n) is 3.84. The fourth-order valence-corrected chi connectivity index (χ4v) is 3.84. The second-order valence-corrected chi connectivity index (χ2v) is 8.25. The second-order valence-electron chi connectivity index (χ2n) is 8.25. The number of nitrogens with zero attached hydrogens (tertiary/aromatic N) is 8. The smallest absolute Gasteiger partial charge is 0.222 e. The van der Waals surface area contributed by atoms with Crippen LogP contribution in [0.15, 0.2) is 36.5 Å². The highest BCUT2D eigenvalue weighted by Crippen LogP contribution is 2.35. The van der Waals surface area contributed by atoms with Crippen molar-refractivity contribution < 1.29 is 4.74 Å². The first-order chi connectivity index (χ1) is 15.6. The highest BCUT2D eigenvalue weighted by molar-refractivity contribution is 5.72. The lowest BCUT2D eigenvalue weighted by atomic mass is 10.2. The van der Waals surface area contributed by atoms with Crippen LogP contribution in [0, 0.1) is 0 Å². The van der Waals surface area contributed by atoms with Crippen LogP contribution in [0.4, 0.5) is 5.69 Å². The molecular weight excluding hydrogens is 406 g/mol. The topological polar surface area (TPSA) is 100 Å². The molecular formula is C22H27N9O. The number of anilines is 1. The molecule has 166 valence electrons. The number of hydrogen-bond donors (Lipinski definition) is 1. The summed E-state index contributed by atoms with van der Waals surface area (Å²) >= 11 is 0. The minimum absolute atomic E-state index is 0.109. The quantitative estimate of drug-likeness (QED) is 0.475. The number of aromatic nitrogens is 7. The number of nitrogens with one attached hydrogen (secondary N) is 1. The number of fused-ring (bicyclic) bond motifs is 1. The Kier molecular flexibility index (Phi) is 5.44. The lowest BCUT2D eigenvalue weighted by molar-refractivity contribution is 0.295. The van der Waals surface area contributed by atoms with Crippen LogP contribution in [0.1, 0.15) is 37.5 Å². The van der Waals surface area contributed by atoms with E-state index in [1.54, 1.807) is 4.52 Å². The van der Waals surface area contributed by atoms with Gasteiger partial charge in [-0.25, -0.2) is 4.98 Å². The van der Waals surface area contributed by atoms with Gasteiger partial charge in [0.15, 0.2) is 23.2 Å². The van der Waals surface area contributed by atoms with Crippen molar-refractivity contribution in [2.75, 3.05) is 32.1 Å². The number of aromatic amines is 1. The average molecular weight is 434 g/mol. The predicted molar refractivity (Wildman–Crippen MR) is 120 cm³/mol. The third-order valence-corrected chi connectivity index (χ3v) is 5.90. The lowest BCUT2D eigenvalue weighted by Crippen LogP contribution is -2.20. The summed E-state index contributed by atoms with van der Waals surface area (Å²) in [4.78, 5) is 8.95. The summed E-state index contributed by atoms with van der Waals surface area (Å²) in [7, 11) is 4.01. The molecule has 1 saturated heterocycles. The summed E-state index contributed by atoms with van der Waals surface area (Å²) in [6.45, 7) is 4.26. The van der Waals surface area contributed by atoms with Crippen molar-refractivity contribution in [2.24, 2.45) is 0 Å². The van der Waals surface area contributed by atoms with Gasteiger partial charge in [-0.2, -0.15) is 14.7 Å². The zero-order valence-corrected chi connectivity index (χ0v) is 18.6. The summed E-state index contributed by atoms with van der Waals surface area (Å²) in [5, 5.41) is 20.8. The molecule has 32 heavy (non-hydrogen) atoms. The maximum atomic E-state index is 6.30. The van der Waals surface area contributed by atoms with Gasteiger partial charge < -0.3 is 9.64 Å². The van der Waals surface area contributed by atoms with Gasteiger partial charge in [0.1, 0.15) is 12.3 Å². The van der Waals surface area contributed by atoms with E-state index in [4.69, 9.17) is 4.74 Å². The lowest BCUT2D eigenvalue weighted by Gasteiger charge is -2.20. The normalized spacial score (nSPS) is 15.1. The SMILES string of the molecule is CC(c1n[nH]c(COc2c(N3CCCC3)cnn3c(-c4ccccc4)nnc23)n1)N(C)C. The van der Waals surface area contributed by atoms with Crippen molar-refractivity contribution in [1.82, 2.24) is 39.9 Å². The summed E-state index contributed by atoms with van der Waals surface area (Å²) in [6.07, 6.45) is 4.16. The Morgan fingerprint density at radius 3 is 2.66 bits per heavy atom. The molecule has 10 heteroatoms. The van der Waals surface area contributed by atoms with Crippen LogP contribution >= 0.6 is 0 Å². The van der Waals surface area contributed by atoms with Crippen LogP contribution in [0.5, 0.6) is 5.75 Å². The number of rotatable bonds is 7. The van der Waals surface area contributed by atoms with Crippen LogP contribution in [-0.4, -0.2) is 67.1 Å². The van der Waals surface area contributed by atoms with Gasteiger partial charge in [-0.05, 0) is 33.9 Å². The van der Waals surface area contributed by atoms with Crippen LogP contribution in [-0.2, 0) is 6.61 Å². The predicted octanol–water partition coefficient (Wildman–Crippen LogP) is 2.71. The number of H-pyrrole nitrogens is 1. The number of ether oxygens (including phenoxy) is 1. The van der Waals surface area contributed by atoms with Crippen molar-refractivity contribution >= 4 is 11.3 Å². The minimum atomic E-state index is 0.109. The molecule has 1 N–H and O–H groups in total. The summed E-state index contributed by atoms with van der Waals surface area (Å²) in [6, 6.07) is 10.0. The summed E-state index contributed by atoms with van der Waals surface area (Å²) < 4.78 is 8.04. The molecule has 1 unspecified atom stereocenters.